The van der Waals surface area contributed by atoms with E-state index in [1.165, 1.54) is 64.2 Å². The molecule has 0 bridgehead atoms. The highest BCUT2D eigenvalue weighted by atomic mass is 16.2. The lowest BCUT2D eigenvalue weighted by Crippen LogP contribution is -2.43. The van der Waals surface area contributed by atoms with E-state index in [0.717, 1.165) is 38.5 Å². The van der Waals surface area contributed by atoms with E-state index in [4.69, 9.17) is 0 Å². The molecule has 1 fully saturated rings. The van der Waals surface area contributed by atoms with Crippen molar-refractivity contribution in [2.45, 2.75) is 142 Å². The molecule has 0 atom stereocenters. The minimum atomic E-state index is 0.214. The summed E-state index contributed by atoms with van der Waals surface area (Å²) in [7, 11) is 0. The van der Waals surface area contributed by atoms with Crippen molar-refractivity contribution >= 4 is 11.8 Å². The predicted octanol–water partition coefficient (Wildman–Crippen LogP) is 6.03. The van der Waals surface area contributed by atoms with E-state index in [0.29, 0.717) is 24.9 Å². The fourth-order valence-corrected chi connectivity index (χ4v) is 4.11. The van der Waals surface area contributed by atoms with Gasteiger partial charge >= 0.3 is 0 Å². The second kappa shape index (κ2) is 16.9. The summed E-state index contributed by atoms with van der Waals surface area (Å²) in [5, 5.41) is 6.40. The number of carbonyl (C=O) groups excluding carboxylic acids is 2. The first-order chi connectivity index (χ1) is 13.7. The minimum absolute atomic E-state index is 0.214. The summed E-state index contributed by atoms with van der Waals surface area (Å²) in [5.74, 6) is 0.428. The van der Waals surface area contributed by atoms with Gasteiger partial charge in [0.05, 0.1) is 0 Å². The first-order valence-electron chi connectivity index (χ1n) is 12.2. The minimum Gasteiger partial charge on any atom is -0.353 e. The van der Waals surface area contributed by atoms with E-state index in [9.17, 15) is 9.59 Å². The van der Waals surface area contributed by atoms with Crippen LogP contribution in [0.25, 0.3) is 0 Å². The fraction of sp³-hybridized carbons (Fsp3) is 0.917. The van der Waals surface area contributed by atoms with Crippen LogP contribution in [0, 0.1) is 0 Å². The van der Waals surface area contributed by atoms with E-state index in [1.54, 1.807) is 0 Å². The molecule has 0 aromatic carbocycles. The van der Waals surface area contributed by atoms with Crippen molar-refractivity contribution in [2.24, 2.45) is 0 Å². The van der Waals surface area contributed by atoms with Gasteiger partial charge in [0.1, 0.15) is 0 Å². The van der Waals surface area contributed by atoms with Gasteiger partial charge in [-0.05, 0) is 38.5 Å². The number of nitrogens with one attached hydrogen (secondary N) is 2. The van der Waals surface area contributed by atoms with Crippen LogP contribution >= 0.6 is 0 Å². The topological polar surface area (TPSA) is 58.2 Å². The molecule has 0 aliphatic heterocycles. The zero-order valence-corrected chi connectivity index (χ0v) is 18.7. The van der Waals surface area contributed by atoms with Gasteiger partial charge in [-0.2, -0.15) is 0 Å². The maximum Gasteiger partial charge on any atom is 0.220 e. The molecule has 0 unspecified atom stereocenters. The van der Waals surface area contributed by atoms with Gasteiger partial charge in [0.2, 0.25) is 11.8 Å². The van der Waals surface area contributed by atoms with Gasteiger partial charge in [-0.1, -0.05) is 78.1 Å². The van der Waals surface area contributed by atoms with E-state index >= 15 is 0 Å². The molecule has 0 aromatic rings. The fourth-order valence-electron chi connectivity index (χ4n) is 4.11. The van der Waals surface area contributed by atoms with E-state index in [2.05, 4.69) is 24.5 Å². The van der Waals surface area contributed by atoms with Gasteiger partial charge in [0, 0.05) is 24.9 Å². The third-order valence-electron chi connectivity index (χ3n) is 5.97. The molecule has 2 amide bonds. The van der Waals surface area contributed by atoms with Crippen LogP contribution in [0.4, 0.5) is 0 Å². The van der Waals surface area contributed by atoms with Gasteiger partial charge in [0.25, 0.3) is 0 Å². The number of carbonyl (C=O) groups is 2. The molecule has 1 aliphatic carbocycles. The van der Waals surface area contributed by atoms with Crippen LogP contribution in [0.5, 0.6) is 0 Å². The van der Waals surface area contributed by atoms with Crippen LogP contribution < -0.4 is 10.6 Å². The van der Waals surface area contributed by atoms with Crippen LogP contribution in [0.15, 0.2) is 0 Å². The lowest BCUT2D eigenvalue weighted by Gasteiger charge is -2.29. The molecule has 2 N–H and O–H groups in total. The lowest BCUT2D eigenvalue weighted by molar-refractivity contribution is -0.123. The number of unbranched alkanes of at least 4 members (excludes halogenated alkanes) is 10. The number of hydrogen-bond donors (Lipinski definition) is 2. The van der Waals surface area contributed by atoms with Crippen LogP contribution in [-0.4, -0.2) is 23.9 Å². The normalized spacial score (nSPS) is 19.4. The standard InChI is InChI=1S/C24H46N2O2/c1-3-5-7-9-11-13-15-23(27)25-21-17-19-22(20-18-21)26-24(28)16-14-12-10-8-6-4-2/h21-22H,3-20H2,1-2H3,(H,25,27)(H,26,28). The molecule has 0 spiro atoms. The summed E-state index contributed by atoms with van der Waals surface area (Å²) < 4.78 is 0. The van der Waals surface area contributed by atoms with Crippen molar-refractivity contribution in [3.05, 3.63) is 0 Å². The van der Waals surface area contributed by atoms with Crippen LogP contribution in [0.3, 0.4) is 0 Å². The molecule has 0 radical (unpaired) electrons. The predicted molar refractivity (Wildman–Crippen MR) is 118 cm³/mol. The molecule has 4 heteroatoms. The van der Waals surface area contributed by atoms with Gasteiger partial charge < -0.3 is 10.6 Å². The number of rotatable bonds is 16. The molecule has 1 rings (SSSR count). The number of amides is 2. The van der Waals surface area contributed by atoms with E-state index in [1.807, 2.05) is 0 Å². The Hall–Kier alpha value is -1.06. The molecule has 0 aromatic heterocycles. The quantitative estimate of drug-likeness (QED) is 0.314. The van der Waals surface area contributed by atoms with Crippen LogP contribution in [0.2, 0.25) is 0 Å². The van der Waals surface area contributed by atoms with Gasteiger partial charge in [-0.3, -0.25) is 9.59 Å². The number of hydrogen-bond acceptors (Lipinski definition) is 2. The smallest absolute Gasteiger partial charge is 0.220 e. The van der Waals surface area contributed by atoms with Crippen molar-refractivity contribution in [2.75, 3.05) is 0 Å². The molecule has 164 valence electrons. The van der Waals surface area contributed by atoms with Crippen molar-refractivity contribution in [1.29, 1.82) is 0 Å². The highest BCUT2D eigenvalue weighted by molar-refractivity contribution is 5.76. The highest BCUT2D eigenvalue weighted by Gasteiger charge is 2.23. The van der Waals surface area contributed by atoms with Gasteiger partial charge in [0.15, 0.2) is 0 Å². The lowest BCUT2D eigenvalue weighted by atomic mass is 9.91. The summed E-state index contributed by atoms with van der Waals surface area (Å²) in [6.07, 6.45) is 19.9. The van der Waals surface area contributed by atoms with Crippen LogP contribution in [0.1, 0.15) is 129 Å². The third kappa shape index (κ3) is 13.2. The maximum absolute atomic E-state index is 12.1. The monoisotopic (exact) mass is 394 g/mol. The summed E-state index contributed by atoms with van der Waals surface area (Å²) >= 11 is 0. The Morgan fingerprint density at radius 2 is 0.893 bits per heavy atom. The second-order valence-electron chi connectivity index (χ2n) is 8.72. The largest absolute Gasteiger partial charge is 0.353 e. The Bertz CT molecular complexity index is 365. The first kappa shape index (κ1) is 25.0. The molecule has 4 nitrogen and oxygen atoms in total. The summed E-state index contributed by atoms with van der Waals surface area (Å²) in [4.78, 5) is 24.2. The van der Waals surface area contributed by atoms with E-state index < -0.39 is 0 Å². The average Bonchev–Trinajstić information content (AvgIpc) is 2.69. The average molecular weight is 395 g/mol. The van der Waals surface area contributed by atoms with Gasteiger partial charge in [-0.15, -0.1) is 0 Å². The van der Waals surface area contributed by atoms with Crippen molar-refractivity contribution < 1.29 is 9.59 Å². The molecule has 0 heterocycles. The highest BCUT2D eigenvalue weighted by Crippen LogP contribution is 2.19. The van der Waals surface area contributed by atoms with Crippen LogP contribution in [-0.2, 0) is 9.59 Å². The SMILES string of the molecule is CCCCCCCCC(=O)NC1CCC(NC(=O)CCCCCCCC)CC1. The zero-order valence-electron chi connectivity index (χ0n) is 18.7. The Morgan fingerprint density at radius 3 is 1.25 bits per heavy atom. The Balaban J connectivity index is 2.02. The Kier molecular flexibility index (Phi) is 15.0. The van der Waals surface area contributed by atoms with Crippen molar-refractivity contribution in [1.82, 2.24) is 10.6 Å². The van der Waals surface area contributed by atoms with Crippen molar-refractivity contribution in [3.8, 4) is 0 Å². The molecular weight excluding hydrogens is 348 g/mol. The summed E-state index contributed by atoms with van der Waals surface area (Å²) in [5.41, 5.74) is 0. The second-order valence-corrected chi connectivity index (χ2v) is 8.72. The summed E-state index contributed by atoms with van der Waals surface area (Å²) in [6.45, 7) is 4.45. The molecule has 28 heavy (non-hydrogen) atoms. The van der Waals surface area contributed by atoms with E-state index in [-0.39, 0.29) is 11.8 Å². The molecule has 0 saturated heterocycles. The Morgan fingerprint density at radius 1 is 0.571 bits per heavy atom. The maximum atomic E-state index is 12.1. The van der Waals surface area contributed by atoms with Crippen molar-refractivity contribution in [3.63, 3.8) is 0 Å². The molecule has 1 saturated carbocycles. The van der Waals surface area contributed by atoms with Gasteiger partial charge in [-0.25, -0.2) is 0 Å². The zero-order chi connectivity index (χ0) is 20.5. The third-order valence-corrected chi connectivity index (χ3v) is 5.97. The first-order valence-corrected chi connectivity index (χ1v) is 12.2. The molecule has 1 aliphatic rings. The summed E-state index contributed by atoms with van der Waals surface area (Å²) in [6, 6.07) is 0.610. The Labute approximate surface area is 174 Å². The molecular formula is C24H46N2O2.